The number of hydrogen-bond donors (Lipinski definition) is 2. The fourth-order valence-corrected chi connectivity index (χ4v) is 5.48. The lowest BCUT2D eigenvalue weighted by molar-refractivity contribution is 0.318. The van der Waals surface area contributed by atoms with Crippen molar-refractivity contribution in [3.05, 3.63) is 39.0 Å². The summed E-state index contributed by atoms with van der Waals surface area (Å²) in [5, 5.41) is 3.15. The Morgan fingerprint density at radius 1 is 1.12 bits per heavy atom. The number of nitrogens with zero attached hydrogens (tertiary/aromatic N) is 4. The third-order valence-electron chi connectivity index (χ3n) is 5.81. The van der Waals surface area contributed by atoms with E-state index in [1.165, 1.54) is 28.1 Å². The number of aromatic amines is 1. The van der Waals surface area contributed by atoms with Gasteiger partial charge in [-0.25, -0.2) is 18.2 Å². The van der Waals surface area contributed by atoms with Crippen LogP contribution < -0.4 is 21.3 Å². The normalized spacial score (nSPS) is 15.1. The largest absolute Gasteiger partial charge is 0.493 e. The van der Waals surface area contributed by atoms with E-state index in [-0.39, 0.29) is 21.9 Å². The predicted octanol–water partition coefficient (Wildman–Crippen LogP) is 0.883. The fourth-order valence-electron chi connectivity index (χ4n) is 4.01. The highest BCUT2D eigenvalue weighted by Crippen LogP contribution is 2.32. The molecule has 0 spiro atoms. The molecule has 34 heavy (non-hydrogen) atoms. The van der Waals surface area contributed by atoms with Gasteiger partial charge in [-0.15, -0.1) is 0 Å². The van der Waals surface area contributed by atoms with Crippen LogP contribution in [0.3, 0.4) is 0 Å². The Labute approximate surface area is 197 Å². The number of benzene rings is 1. The summed E-state index contributed by atoms with van der Waals surface area (Å²) in [4.78, 5) is 33.1. The minimum Gasteiger partial charge on any atom is -0.493 e. The van der Waals surface area contributed by atoms with Crippen molar-refractivity contribution in [2.24, 2.45) is 7.05 Å². The summed E-state index contributed by atoms with van der Waals surface area (Å²) in [5.41, 5.74) is -0.107. The van der Waals surface area contributed by atoms with Crippen LogP contribution in [0.15, 0.2) is 32.7 Å². The molecule has 3 heterocycles. The van der Waals surface area contributed by atoms with Crippen molar-refractivity contribution < 1.29 is 13.2 Å². The molecule has 0 bridgehead atoms. The standard InChI is InChI=1S/C22H30N6O5S/c1-4-10-28-20-18(21(29)26(3)22(28)30)24-19(25-20)16-14-15(6-7-17(16)33-13-5-2)34(31,32)27-11-8-23-9-12-27/h6-7,14,23H,4-5,8-13H2,1-3H3,(H,24,25). The lowest BCUT2D eigenvalue weighted by Gasteiger charge is -2.26. The maximum absolute atomic E-state index is 13.3. The second kappa shape index (κ2) is 9.72. The third-order valence-corrected chi connectivity index (χ3v) is 7.70. The molecule has 0 atom stereocenters. The number of hydrogen-bond acceptors (Lipinski definition) is 7. The van der Waals surface area contributed by atoms with Gasteiger partial charge < -0.3 is 15.0 Å². The Kier molecular flexibility index (Phi) is 6.91. The number of fused-ring (bicyclic) bond motifs is 1. The number of H-pyrrole nitrogens is 1. The molecular weight excluding hydrogens is 460 g/mol. The van der Waals surface area contributed by atoms with Crippen molar-refractivity contribution in [1.82, 2.24) is 28.7 Å². The topological polar surface area (TPSA) is 131 Å². The van der Waals surface area contributed by atoms with Crippen LogP contribution in [0.5, 0.6) is 5.75 Å². The molecule has 0 saturated carbocycles. The molecule has 1 aromatic carbocycles. The number of aromatic nitrogens is 4. The first-order chi connectivity index (χ1) is 16.3. The summed E-state index contributed by atoms with van der Waals surface area (Å²) in [6.07, 6.45) is 1.44. The third kappa shape index (κ3) is 4.28. The Morgan fingerprint density at radius 2 is 1.85 bits per heavy atom. The van der Waals surface area contributed by atoms with Crippen LogP contribution in [0.25, 0.3) is 22.6 Å². The first-order valence-electron chi connectivity index (χ1n) is 11.5. The Balaban J connectivity index is 1.90. The Bertz CT molecular complexity index is 1420. The summed E-state index contributed by atoms with van der Waals surface area (Å²) in [5.74, 6) is 0.715. The van der Waals surface area contributed by atoms with E-state index in [0.29, 0.717) is 57.1 Å². The molecule has 1 saturated heterocycles. The SMILES string of the molecule is CCCOc1ccc(S(=O)(=O)N2CCNCC2)cc1-c1nc2c([nH]1)c(=O)n(C)c(=O)n2CCC. The summed E-state index contributed by atoms with van der Waals surface area (Å²) >= 11 is 0. The second-order valence-corrected chi connectivity index (χ2v) is 10.2. The second-order valence-electron chi connectivity index (χ2n) is 8.24. The van der Waals surface area contributed by atoms with Gasteiger partial charge in [0.25, 0.3) is 5.56 Å². The average Bonchev–Trinajstić information content (AvgIpc) is 3.29. The van der Waals surface area contributed by atoms with Crippen molar-refractivity contribution >= 4 is 21.2 Å². The van der Waals surface area contributed by atoms with E-state index in [4.69, 9.17) is 4.74 Å². The van der Waals surface area contributed by atoms with Crippen molar-refractivity contribution in [2.75, 3.05) is 32.8 Å². The first-order valence-corrected chi connectivity index (χ1v) is 12.9. The number of rotatable bonds is 8. The van der Waals surface area contributed by atoms with E-state index in [9.17, 15) is 18.0 Å². The van der Waals surface area contributed by atoms with Crippen molar-refractivity contribution in [3.8, 4) is 17.1 Å². The molecule has 11 nitrogen and oxygen atoms in total. The smallest absolute Gasteiger partial charge is 0.332 e. The molecule has 1 aliphatic rings. The molecule has 12 heteroatoms. The van der Waals surface area contributed by atoms with Crippen LogP contribution in [0.2, 0.25) is 0 Å². The van der Waals surface area contributed by atoms with E-state index in [1.54, 1.807) is 6.07 Å². The average molecular weight is 491 g/mol. The number of aryl methyl sites for hydroxylation is 1. The minimum atomic E-state index is -3.72. The number of piperazine rings is 1. The van der Waals surface area contributed by atoms with E-state index >= 15 is 0 Å². The van der Waals surface area contributed by atoms with Gasteiger partial charge in [0, 0.05) is 39.8 Å². The molecule has 0 amide bonds. The zero-order chi connectivity index (χ0) is 24.5. The zero-order valence-electron chi connectivity index (χ0n) is 19.6. The molecule has 2 aromatic heterocycles. The highest BCUT2D eigenvalue weighted by Gasteiger charge is 2.28. The minimum absolute atomic E-state index is 0.118. The molecule has 2 N–H and O–H groups in total. The number of nitrogens with one attached hydrogen (secondary N) is 2. The van der Waals surface area contributed by atoms with Gasteiger partial charge in [0.2, 0.25) is 10.0 Å². The number of sulfonamides is 1. The molecular formula is C22H30N6O5S. The molecule has 1 aliphatic heterocycles. The van der Waals surface area contributed by atoms with Gasteiger partial charge in [0.1, 0.15) is 17.1 Å². The monoisotopic (exact) mass is 490 g/mol. The van der Waals surface area contributed by atoms with Gasteiger partial charge in [-0.05, 0) is 31.0 Å². The molecule has 1 fully saturated rings. The van der Waals surface area contributed by atoms with Crippen LogP contribution >= 0.6 is 0 Å². The molecule has 184 valence electrons. The van der Waals surface area contributed by atoms with Gasteiger partial charge in [0.15, 0.2) is 5.65 Å². The lowest BCUT2D eigenvalue weighted by atomic mass is 10.2. The van der Waals surface area contributed by atoms with Crippen molar-refractivity contribution in [1.29, 1.82) is 0 Å². The van der Waals surface area contributed by atoms with Crippen molar-refractivity contribution in [2.45, 2.75) is 38.1 Å². The van der Waals surface area contributed by atoms with Gasteiger partial charge in [0.05, 0.1) is 17.1 Å². The van der Waals surface area contributed by atoms with Gasteiger partial charge in [-0.3, -0.25) is 13.9 Å². The molecule has 3 aromatic rings. The number of ether oxygens (including phenoxy) is 1. The molecule has 0 radical (unpaired) electrons. The van der Waals surface area contributed by atoms with Gasteiger partial charge in [-0.2, -0.15) is 4.31 Å². The van der Waals surface area contributed by atoms with Crippen LogP contribution in [0, 0.1) is 0 Å². The molecule has 0 aliphatic carbocycles. The zero-order valence-corrected chi connectivity index (χ0v) is 20.4. The van der Waals surface area contributed by atoms with Crippen LogP contribution in [-0.4, -0.2) is 64.6 Å². The first kappa shape index (κ1) is 24.2. The summed E-state index contributed by atoms with van der Waals surface area (Å²) in [6, 6.07) is 4.66. The molecule has 0 unspecified atom stereocenters. The fraction of sp³-hybridized carbons (Fsp3) is 0.500. The predicted molar refractivity (Wildman–Crippen MR) is 129 cm³/mol. The van der Waals surface area contributed by atoms with E-state index in [1.807, 2.05) is 13.8 Å². The van der Waals surface area contributed by atoms with E-state index in [2.05, 4.69) is 15.3 Å². The quantitative estimate of drug-likeness (QED) is 0.479. The maximum atomic E-state index is 13.3. The van der Waals surface area contributed by atoms with Crippen LogP contribution in [0.1, 0.15) is 26.7 Å². The van der Waals surface area contributed by atoms with Gasteiger partial charge in [-0.1, -0.05) is 13.8 Å². The Hall–Kier alpha value is -2.96. The Morgan fingerprint density at radius 3 is 2.53 bits per heavy atom. The van der Waals surface area contributed by atoms with Crippen LogP contribution in [-0.2, 0) is 23.6 Å². The van der Waals surface area contributed by atoms with Crippen molar-refractivity contribution in [3.63, 3.8) is 0 Å². The van der Waals surface area contributed by atoms with Crippen LogP contribution in [0.4, 0.5) is 0 Å². The van der Waals surface area contributed by atoms with E-state index in [0.717, 1.165) is 11.0 Å². The highest BCUT2D eigenvalue weighted by atomic mass is 32.2. The molecule has 4 rings (SSSR count). The summed E-state index contributed by atoms with van der Waals surface area (Å²) in [7, 11) is -2.30. The van der Waals surface area contributed by atoms with Gasteiger partial charge >= 0.3 is 5.69 Å². The summed E-state index contributed by atoms with van der Waals surface area (Å²) in [6.45, 7) is 6.67. The lowest BCUT2D eigenvalue weighted by Crippen LogP contribution is -2.46. The highest BCUT2D eigenvalue weighted by molar-refractivity contribution is 7.89. The summed E-state index contributed by atoms with van der Waals surface area (Å²) < 4.78 is 36.4. The van der Waals surface area contributed by atoms with E-state index < -0.39 is 21.3 Å². The number of imidazole rings is 1. The maximum Gasteiger partial charge on any atom is 0.332 e.